The van der Waals surface area contributed by atoms with E-state index in [0.29, 0.717) is 0 Å². The van der Waals surface area contributed by atoms with Crippen molar-refractivity contribution in [2.75, 3.05) is 0 Å². The van der Waals surface area contributed by atoms with Crippen LogP contribution in [0.25, 0.3) is 0 Å². The lowest BCUT2D eigenvalue weighted by atomic mass is 10.2. The van der Waals surface area contributed by atoms with Crippen LogP contribution in [0.4, 0.5) is 0 Å². The van der Waals surface area contributed by atoms with E-state index in [2.05, 4.69) is 46.1 Å². The van der Waals surface area contributed by atoms with E-state index in [1.54, 1.807) is 0 Å². The molecule has 1 aromatic rings. The molecule has 0 heterocycles. The summed E-state index contributed by atoms with van der Waals surface area (Å²) in [7, 11) is 0. The fraction of sp³-hybridized carbons (Fsp3) is 0.562. The average molecular weight is 285 g/mol. The minimum atomic E-state index is -0.333. The Bertz CT molecular complexity index is 269. The molecule has 0 spiro atoms. The summed E-state index contributed by atoms with van der Waals surface area (Å²) in [6.07, 6.45) is 1.31. The molecule has 0 aliphatic rings. The first-order chi connectivity index (χ1) is 8.79. The first kappa shape index (κ1) is 23.2. The minimum Gasteiger partial charge on any atom is -0.370 e. The molecule has 1 amide bonds. The second-order valence-electron chi connectivity index (χ2n) is 4.25. The lowest BCUT2D eigenvalue weighted by molar-refractivity contribution is -0.115. The molecule has 0 fully saturated rings. The van der Waals surface area contributed by atoms with Gasteiger partial charge >= 0.3 is 0 Å². The molecule has 0 saturated carbocycles. The minimum absolute atomic E-state index is 0.333. The largest absolute Gasteiger partial charge is 0.370 e. The van der Waals surface area contributed by atoms with E-state index in [-0.39, 0.29) is 5.91 Å². The van der Waals surface area contributed by atoms with Crippen LogP contribution in [0.3, 0.4) is 0 Å². The molecular formula is C16H31NOS. The van der Waals surface area contributed by atoms with E-state index >= 15 is 0 Å². The maximum absolute atomic E-state index is 9.22. The molecule has 0 aliphatic carbocycles. The molecule has 0 atom stereocenters. The van der Waals surface area contributed by atoms with Gasteiger partial charge in [-0.2, -0.15) is 0 Å². The fourth-order valence-corrected chi connectivity index (χ4v) is 0.694. The Labute approximate surface area is 125 Å². The van der Waals surface area contributed by atoms with Gasteiger partial charge in [0.25, 0.3) is 0 Å². The second-order valence-corrected chi connectivity index (χ2v) is 4.76. The van der Waals surface area contributed by atoms with Gasteiger partial charge in [-0.1, -0.05) is 58.7 Å². The number of amides is 1. The highest BCUT2D eigenvalue weighted by molar-refractivity contribution is 7.80. The number of carbonyl (C=O) groups excluding carboxylic acids is 1. The van der Waals surface area contributed by atoms with E-state index < -0.39 is 0 Å². The summed E-state index contributed by atoms with van der Waals surface area (Å²) in [4.78, 5) is 10.2. The van der Waals surface area contributed by atoms with Gasteiger partial charge in [0.2, 0.25) is 5.91 Å². The molecular weight excluding hydrogens is 254 g/mol. The van der Waals surface area contributed by atoms with Crippen LogP contribution in [0.15, 0.2) is 29.2 Å². The van der Waals surface area contributed by atoms with Crippen LogP contribution in [0.1, 0.15) is 53.5 Å². The summed E-state index contributed by atoms with van der Waals surface area (Å²) in [6.45, 7) is 14.0. The number of hydrogen-bond acceptors (Lipinski definition) is 2. The molecule has 3 heteroatoms. The predicted molar refractivity (Wildman–Crippen MR) is 89.8 cm³/mol. The Morgan fingerprint density at radius 3 is 1.63 bits per heavy atom. The number of hydrogen-bond donors (Lipinski definition) is 2. The fourth-order valence-electron chi connectivity index (χ4n) is 0.545. The number of primary amides is 1. The van der Waals surface area contributed by atoms with Crippen LogP contribution in [-0.2, 0) is 4.79 Å². The average Bonchev–Trinajstić information content (AvgIpc) is 2.35. The summed E-state index contributed by atoms with van der Waals surface area (Å²) < 4.78 is 0. The highest BCUT2D eigenvalue weighted by Gasteiger charge is 1.81. The Hall–Kier alpha value is -0.960. The van der Waals surface area contributed by atoms with Crippen LogP contribution in [0.2, 0.25) is 0 Å². The lowest BCUT2D eigenvalue weighted by Gasteiger charge is -1.90. The molecule has 0 aromatic heterocycles. The summed E-state index contributed by atoms with van der Waals surface area (Å²) >= 11 is 4.13. The molecule has 1 aromatic carbocycles. The van der Waals surface area contributed by atoms with E-state index in [4.69, 9.17) is 0 Å². The first-order valence-electron chi connectivity index (χ1n) is 6.81. The zero-order valence-corrected chi connectivity index (χ0v) is 14.4. The van der Waals surface area contributed by atoms with Crippen molar-refractivity contribution >= 4 is 18.5 Å². The molecule has 0 unspecified atom stereocenters. The number of rotatable bonds is 1. The van der Waals surface area contributed by atoms with Crippen molar-refractivity contribution in [2.24, 2.45) is 11.7 Å². The monoisotopic (exact) mass is 285 g/mol. The zero-order valence-electron chi connectivity index (χ0n) is 13.5. The normalized spacial score (nSPS) is 8.05. The van der Waals surface area contributed by atoms with Crippen LogP contribution >= 0.6 is 12.6 Å². The van der Waals surface area contributed by atoms with Crippen molar-refractivity contribution in [3.63, 3.8) is 0 Å². The summed E-state index contributed by atoms with van der Waals surface area (Å²) in [5.41, 5.74) is 5.75. The highest BCUT2D eigenvalue weighted by atomic mass is 32.1. The van der Waals surface area contributed by atoms with E-state index in [1.807, 2.05) is 38.1 Å². The Kier molecular flexibility index (Phi) is 20.8. The highest BCUT2D eigenvalue weighted by Crippen LogP contribution is 2.05. The molecule has 0 aliphatic heterocycles. The van der Waals surface area contributed by atoms with Crippen LogP contribution < -0.4 is 5.73 Å². The molecule has 0 bridgehead atoms. The van der Waals surface area contributed by atoms with E-state index in [1.165, 1.54) is 18.9 Å². The molecule has 1 rings (SSSR count). The molecule has 112 valence electrons. The van der Waals surface area contributed by atoms with Gasteiger partial charge in [-0.15, -0.1) is 12.6 Å². The lowest BCUT2D eigenvalue weighted by Crippen LogP contribution is -2.01. The van der Waals surface area contributed by atoms with Crippen molar-refractivity contribution in [1.29, 1.82) is 0 Å². The van der Waals surface area contributed by atoms with Gasteiger partial charge in [-0.25, -0.2) is 0 Å². The van der Waals surface area contributed by atoms with Gasteiger partial charge in [0.05, 0.1) is 0 Å². The first-order valence-corrected chi connectivity index (χ1v) is 7.26. The Balaban J connectivity index is -0.000000203. The second kappa shape index (κ2) is 17.0. The van der Waals surface area contributed by atoms with Crippen LogP contribution in [0.5, 0.6) is 0 Å². The number of benzene rings is 1. The summed E-state index contributed by atoms with van der Waals surface area (Å²) in [6, 6.07) is 8.06. The maximum Gasteiger partial charge on any atom is 0.214 e. The molecule has 19 heavy (non-hydrogen) atoms. The quantitative estimate of drug-likeness (QED) is 0.711. The molecule has 0 radical (unpaired) electrons. The third-order valence-electron chi connectivity index (χ3n) is 1.85. The van der Waals surface area contributed by atoms with Crippen LogP contribution in [-0.4, -0.2) is 5.91 Å². The smallest absolute Gasteiger partial charge is 0.214 e. The topological polar surface area (TPSA) is 43.1 Å². The number of nitrogens with two attached hydrogens (primary N) is 1. The molecule has 2 nitrogen and oxygen atoms in total. The van der Waals surface area contributed by atoms with Gasteiger partial charge in [0.15, 0.2) is 0 Å². The SMILES string of the molecule is CC.CC(N)=O.CCC(C)C.Cc1ccc(S)cc1. The van der Waals surface area contributed by atoms with Crippen molar-refractivity contribution in [1.82, 2.24) is 0 Å². The van der Waals surface area contributed by atoms with Crippen molar-refractivity contribution in [3.8, 4) is 0 Å². The van der Waals surface area contributed by atoms with Crippen molar-refractivity contribution in [3.05, 3.63) is 29.8 Å². The van der Waals surface area contributed by atoms with Gasteiger partial charge in [0, 0.05) is 11.8 Å². The van der Waals surface area contributed by atoms with E-state index in [0.717, 1.165) is 10.8 Å². The molecule has 0 saturated heterocycles. The predicted octanol–water partition coefficient (Wildman–Crippen LogP) is 4.85. The van der Waals surface area contributed by atoms with Crippen molar-refractivity contribution < 1.29 is 4.79 Å². The number of thiol groups is 1. The van der Waals surface area contributed by atoms with Crippen molar-refractivity contribution in [2.45, 2.75) is 59.8 Å². The van der Waals surface area contributed by atoms with Gasteiger partial charge in [-0.3, -0.25) is 4.79 Å². The number of carbonyl (C=O) groups is 1. The standard InChI is InChI=1S/C7H8S.C5H12.C2H5NO.C2H6/c1-6-2-4-7(8)5-3-6;1-4-5(2)3;1-2(3)4;1-2/h2-5,8H,1H3;5H,4H2,1-3H3;1H3,(H2,3,4);1-2H3. The third-order valence-corrected chi connectivity index (χ3v) is 2.15. The maximum atomic E-state index is 9.22. The van der Waals surface area contributed by atoms with E-state index in [9.17, 15) is 4.79 Å². The van der Waals surface area contributed by atoms with Gasteiger partial charge in [0.1, 0.15) is 0 Å². The summed E-state index contributed by atoms with van der Waals surface area (Å²) in [5, 5.41) is 0. The molecule has 2 N–H and O–H groups in total. The van der Waals surface area contributed by atoms with Gasteiger partial charge in [-0.05, 0) is 25.0 Å². The zero-order chi connectivity index (χ0) is 15.8. The number of aryl methyl sites for hydroxylation is 1. The Morgan fingerprint density at radius 1 is 1.21 bits per heavy atom. The van der Waals surface area contributed by atoms with Gasteiger partial charge < -0.3 is 5.73 Å². The van der Waals surface area contributed by atoms with Crippen LogP contribution in [0, 0.1) is 12.8 Å². The summed E-state index contributed by atoms with van der Waals surface area (Å²) in [5.74, 6) is 0.551. The third kappa shape index (κ3) is 31.6. The Morgan fingerprint density at radius 2 is 1.47 bits per heavy atom.